The minimum Gasteiger partial charge on any atom is -0.312 e. The molecule has 2 heteroatoms. The van der Waals surface area contributed by atoms with Crippen LogP contribution in [0.3, 0.4) is 0 Å². The van der Waals surface area contributed by atoms with E-state index >= 15 is 0 Å². The van der Waals surface area contributed by atoms with E-state index in [1.54, 1.807) is 0 Å². The Morgan fingerprint density at radius 3 is 2.60 bits per heavy atom. The van der Waals surface area contributed by atoms with Crippen LogP contribution in [-0.4, -0.2) is 37.6 Å². The molecule has 1 aliphatic carbocycles. The smallest absolute Gasteiger partial charge is 0.0132 e. The van der Waals surface area contributed by atoms with Crippen molar-refractivity contribution in [2.75, 3.05) is 26.7 Å². The molecule has 1 N–H and O–H groups in total. The Balaban J connectivity index is 2.10. The van der Waals surface area contributed by atoms with Gasteiger partial charge in [0.25, 0.3) is 0 Å². The van der Waals surface area contributed by atoms with Crippen LogP contribution in [0.2, 0.25) is 0 Å². The second-order valence-electron chi connectivity index (χ2n) is 4.89. The van der Waals surface area contributed by atoms with Crippen molar-refractivity contribution in [2.45, 2.75) is 38.6 Å². The van der Waals surface area contributed by atoms with Gasteiger partial charge in [0.15, 0.2) is 0 Å². The van der Waals surface area contributed by atoms with E-state index in [1.165, 1.54) is 25.7 Å². The van der Waals surface area contributed by atoms with Crippen molar-refractivity contribution in [3.8, 4) is 0 Å². The molecule has 0 heterocycles. The van der Waals surface area contributed by atoms with Gasteiger partial charge in [-0.3, -0.25) is 0 Å². The van der Waals surface area contributed by atoms with Crippen LogP contribution in [0, 0.1) is 5.92 Å². The van der Waals surface area contributed by atoms with Gasteiger partial charge in [-0.1, -0.05) is 13.0 Å². The molecule has 0 aromatic carbocycles. The number of nitrogens with one attached hydrogen (secondary N) is 1. The molecule has 0 aliphatic heterocycles. The summed E-state index contributed by atoms with van der Waals surface area (Å²) in [5.41, 5.74) is 0. The van der Waals surface area contributed by atoms with Crippen LogP contribution in [0.15, 0.2) is 12.7 Å². The maximum absolute atomic E-state index is 3.70. The van der Waals surface area contributed by atoms with E-state index in [-0.39, 0.29) is 0 Å². The van der Waals surface area contributed by atoms with Gasteiger partial charge in [-0.15, -0.1) is 6.58 Å². The van der Waals surface area contributed by atoms with Gasteiger partial charge in [0.2, 0.25) is 0 Å². The van der Waals surface area contributed by atoms with Gasteiger partial charge in [0.1, 0.15) is 0 Å². The van der Waals surface area contributed by atoms with Crippen molar-refractivity contribution in [2.24, 2.45) is 5.92 Å². The molecule has 88 valence electrons. The third-order valence-electron chi connectivity index (χ3n) is 3.54. The maximum atomic E-state index is 3.70. The van der Waals surface area contributed by atoms with Crippen molar-refractivity contribution in [1.29, 1.82) is 0 Å². The van der Waals surface area contributed by atoms with Crippen molar-refractivity contribution in [3.63, 3.8) is 0 Å². The van der Waals surface area contributed by atoms with Gasteiger partial charge >= 0.3 is 0 Å². The first kappa shape index (κ1) is 12.7. The lowest BCUT2D eigenvalue weighted by Crippen LogP contribution is -2.39. The highest BCUT2D eigenvalue weighted by molar-refractivity contribution is 4.77. The number of nitrogens with zero attached hydrogens (tertiary/aromatic N) is 1. The fraction of sp³-hybridized carbons (Fsp3) is 0.846. The van der Waals surface area contributed by atoms with Gasteiger partial charge in [0, 0.05) is 25.7 Å². The minimum atomic E-state index is 0.826. The Bertz CT molecular complexity index is 171. The molecule has 0 atom stereocenters. The molecule has 0 aromatic rings. The number of hydrogen-bond donors (Lipinski definition) is 1. The van der Waals surface area contributed by atoms with Crippen LogP contribution >= 0.6 is 0 Å². The molecule has 15 heavy (non-hydrogen) atoms. The molecule has 0 aromatic heterocycles. The lowest BCUT2D eigenvalue weighted by molar-refractivity contribution is 0.171. The summed E-state index contributed by atoms with van der Waals surface area (Å²) >= 11 is 0. The lowest BCUT2D eigenvalue weighted by Gasteiger charge is -2.33. The molecule has 1 fully saturated rings. The fourth-order valence-corrected chi connectivity index (χ4v) is 2.33. The van der Waals surface area contributed by atoms with Gasteiger partial charge in [-0.25, -0.2) is 0 Å². The Morgan fingerprint density at radius 2 is 2.00 bits per heavy atom. The summed E-state index contributed by atoms with van der Waals surface area (Å²) in [5.74, 6) is 0.952. The predicted octanol–water partition coefficient (Wildman–Crippen LogP) is 2.27. The molecule has 0 radical (unpaired) electrons. The molecule has 0 spiro atoms. The van der Waals surface area contributed by atoms with E-state index in [0.29, 0.717) is 0 Å². The first-order valence-corrected chi connectivity index (χ1v) is 6.26. The van der Waals surface area contributed by atoms with E-state index in [4.69, 9.17) is 0 Å². The Morgan fingerprint density at radius 1 is 1.33 bits per heavy atom. The number of likely N-dealkylation sites (N-methyl/N-ethyl adjacent to an activating group) is 1. The fourth-order valence-electron chi connectivity index (χ4n) is 2.33. The third-order valence-corrected chi connectivity index (χ3v) is 3.54. The van der Waals surface area contributed by atoms with Crippen molar-refractivity contribution < 1.29 is 0 Å². The average Bonchev–Trinajstić information content (AvgIpc) is 2.25. The van der Waals surface area contributed by atoms with Gasteiger partial charge in [-0.2, -0.15) is 0 Å². The van der Waals surface area contributed by atoms with Crippen molar-refractivity contribution in [1.82, 2.24) is 10.2 Å². The van der Waals surface area contributed by atoms with E-state index in [1.807, 2.05) is 6.08 Å². The zero-order valence-electron chi connectivity index (χ0n) is 10.3. The van der Waals surface area contributed by atoms with Gasteiger partial charge in [0.05, 0.1) is 0 Å². The van der Waals surface area contributed by atoms with Gasteiger partial charge in [-0.05, 0) is 38.6 Å². The van der Waals surface area contributed by atoms with Crippen LogP contribution in [-0.2, 0) is 0 Å². The number of hydrogen-bond acceptors (Lipinski definition) is 2. The molecule has 1 aliphatic rings. The first-order chi connectivity index (χ1) is 7.24. The van der Waals surface area contributed by atoms with E-state index < -0.39 is 0 Å². The normalized spacial score (nSPS) is 26.9. The molecule has 2 nitrogen and oxygen atoms in total. The summed E-state index contributed by atoms with van der Waals surface area (Å²) in [4.78, 5) is 2.52. The van der Waals surface area contributed by atoms with Crippen LogP contribution < -0.4 is 5.32 Å². The quantitative estimate of drug-likeness (QED) is 0.534. The Hall–Kier alpha value is -0.340. The van der Waals surface area contributed by atoms with Crippen LogP contribution in [0.4, 0.5) is 0 Å². The maximum Gasteiger partial charge on any atom is 0.0132 e. The van der Waals surface area contributed by atoms with E-state index in [0.717, 1.165) is 31.6 Å². The molecule has 1 saturated carbocycles. The standard InChI is InChI=1S/C13H26N2/c1-4-9-14-10-11-15(3)13-7-5-12(2)6-8-13/h4,12-14H,1,5-11H2,2-3H3. The second-order valence-corrected chi connectivity index (χ2v) is 4.89. The first-order valence-electron chi connectivity index (χ1n) is 6.26. The second kappa shape index (κ2) is 7.02. The molecule has 1 rings (SSSR count). The molecule has 0 unspecified atom stereocenters. The zero-order chi connectivity index (χ0) is 11.1. The lowest BCUT2D eigenvalue weighted by atomic mass is 9.87. The SMILES string of the molecule is C=CCNCCN(C)C1CCC(C)CC1. The molecular weight excluding hydrogens is 184 g/mol. The molecule has 0 saturated heterocycles. The summed E-state index contributed by atoms with van der Waals surface area (Å²) in [5, 5.41) is 3.35. The summed E-state index contributed by atoms with van der Waals surface area (Å²) in [6, 6.07) is 0.826. The van der Waals surface area contributed by atoms with E-state index in [2.05, 4.69) is 30.8 Å². The van der Waals surface area contributed by atoms with Gasteiger partial charge < -0.3 is 10.2 Å². The summed E-state index contributed by atoms with van der Waals surface area (Å²) < 4.78 is 0. The minimum absolute atomic E-state index is 0.826. The molecule has 0 amide bonds. The highest BCUT2D eigenvalue weighted by Gasteiger charge is 2.20. The monoisotopic (exact) mass is 210 g/mol. The van der Waals surface area contributed by atoms with Crippen LogP contribution in [0.25, 0.3) is 0 Å². The predicted molar refractivity (Wildman–Crippen MR) is 67.1 cm³/mol. The summed E-state index contributed by atoms with van der Waals surface area (Å²) in [6.45, 7) is 9.24. The summed E-state index contributed by atoms with van der Waals surface area (Å²) in [6.07, 6.45) is 7.52. The summed E-state index contributed by atoms with van der Waals surface area (Å²) in [7, 11) is 2.26. The number of rotatable bonds is 6. The topological polar surface area (TPSA) is 15.3 Å². The Kier molecular flexibility index (Phi) is 5.96. The zero-order valence-corrected chi connectivity index (χ0v) is 10.3. The average molecular weight is 210 g/mol. The highest BCUT2D eigenvalue weighted by atomic mass is 15.1. The van der Waals surface area contributed by atoms with Crippen LogP contribution in [0.5, 0.6) is 0 Å². The van der Waals surface area contributed by atoms with Crippen LogP contribution in [0.1, 0.15) is 32.6 Å². The van der Waals surface area contributed by atoms with Crippen molar-refractivity contribution >= 4 is 0 Å². The largest absolute Gasteiger partial charge is 0.312 e. The molecular formula is C13H26N2. The highest BCUT2D eigenvalue weighted by Crippen LogP contribution is 2.26. The molecule has 0 bridgehead atoms. The third kappa shape index (κ3) is 4.80. The van der Waals surface area contributed by atoms with E-state index in [9.17, 15) is 0 Å². The Labute approximate surface area is 94.7 Å². The van der Waals surface area contributed by atoms with Crippen molar-refractivity contribution in [3.05, 3.63) is 12.7 Å².